The predicted octanol–water partition coefficient (Wildman–Crippen LogP) is 5.84. The lowest BCUT2D eigenvalue weighted by atomic mass is 10.2. The number of anilines is 2. The van der Waals surface area contributed by atoms with Gasteiger partial charge in [-0.1, -0.05) is 63.1 Å². The summed E-state index contributed by atoms with van der Waals surface area (Å²) in [5, 5.41) is 17.5. The summed E-state index contributed by atoms with van der Waals surface area (Å²) in [6, 6.07) is 12.3. The third-order valence-corrected chi connectivity index (χ3v) is 4.57. The van der Waals surface area contributed by atoms with E-state index in [0.717, 1.165) is 38.8 Å². The van der Waals surface area contributed by atoms with Crippen molar-refractivity contribution in [3.8, 4) is 12.1 Å². The third kappa shape index (κ3) is 5.38. The van der Waals surface area contributed by atoms with Crippen molar-refractivity contribution in [3.05, 3.63) is 72.1 Å². The summed E-state index contributed by atoms with van der Waals surface area (Å²) >= 11 is 0. The minimum atomic E-state index is 0.103. The first-order chi connectivity index (χ1) is 13.8. The second-order valence-corrected chi connectivity index (χ2v) is 6.60. The first-order valence-corrected chi connectivity index (χ1v) is 9.96. The van der Waals surface area contributed by atoms with Crippen LogP contribution >= 0.6 is 0 Å². The van der Waals surface area contributed by atoms with Gasteiger partial charge in [0.1, 0.15) is 23.5 Å². The molecule has 0 unspecified atom stereocenters. The Morgan fingerprint density at radius 3 is 1.89 bits per heavy atom. The minimum absolute atomic E-state index is 0.103. The number of hydrogen-bond donors (Lipinski definition) is 0. The van der Waals surface area contributed by atoms with Crippen LogP contribution in [0.25, 0.3) is 0 Å². The Labute approximate surface area is 169 Å². The zero-order valence-electron chi connectivity index (χ0n) is 16.8. The van der Waals surface area contributed by atoms with Gasteiger partial charge in [0.15, 0.2) is 0 Å². The van der Waals surface area contributed by atoms with E-state index in [4.69, 9.17) is 10.5 Å². The summed E-state index contributed by atoms with van der Waals surface area (Å²) in [6.45, 7) is 6.44. The zero-order chi connectivity index (χ0) is 20.2. The summed E-state index contributed by atoms with van der Waals surface area (Å²) in [7, 11) is 0. The van der Waals surface area contributed by atoms with Crippen LogP contribution in [0.1, 0.15) is 39.5 Å². The van der Waals surface area contributed by atoms with Crippen LogP contribution in [0.15, 0.2) is 72.1 Å². The number of nitriles is 2. The normalized spacial score (nSPS) is 12.9. The molecule has 1 heterocycles. The highest BCUT2D eigenvalue weighted by molar-refractivity contribution is 5.82. The lowest BCUT2D eigenvalue weighted by Crippen LogP contribution is -2.29. The van der Waals surface area contributed by atoms with Crippen LogP contribution in [-0.2, 0) is 0 Å². The molecular weight excluding hydrogens is 344 g/mol. The van der Waals surface area contributed by atoms with E-state index in [1.807, 2.05) is 30.4 Å². The van der Waals surface area contributed by atoms with Crippen molar-refractivity contribution in [2.45, 2.75) is 39.5 Å². The molecule has 0 radical (unpaired) electrons. The van der Waals surface area contributed by atoms with E-state index in [2.05, 4.69) is 54.0 Å². The van der Waals surface area contributed by atoms with Crippen LogP contribution < -0.4 is 9.80 Å². The van der Waals surface area contributed by atoms with Gasteiger partial charge in [-0.2, -0.15) is 10.5 Å². The Kier molecular flexibility index (Phi) is 8.63. The van der Waals surface area contributed by atoms with E-state index < -0.39 is 0 Å². The van der Waals surface area contributed by atoms with Crippen LogP contribution in [-0.4, -0.2) is 13.1 Å². The summed E-state index contributed by atoms with van der Waals surface area (Å²) in [4.78, 5) is 4.82. The van der Waals surface area contributed by atoms with E-state index in [9.17, 15) is 0 Å². The third-order valence-electron chi connectivity index (χ3n) is 4.57. The molecule has 0 bridgehead atoms. The Morgan fingerprint density at radius 2 is 1.39 bits per heavy atom. The molecule has 1 aliphatic rings. The van der Waals surface area contributed by atoms with Gasteiger partial charge in [0.25, 0.3) is 0 Å². The van der Waals surface area contributed by atoms with Gasteiger partial charge in [-0.05, 0) is 37.1 Å². The first-order valence-electron chi connectivity index (χ1n) is 9.96. The van der Waals surface area contributed by atoms with Crippen molar-refractivity contribution in [2.75, 3.05) is 22.9 Å². The molecule has 0 saturated heterocycles. The molecule has 1 aromatic carbocycles. The van der Waals surface area contributed by atoms with Gasteiger partial charge in [0, 0.05) is 13.1 Å². The number of hydrogen-bond acceptors (Lipinski definition) is 4. The number of allylic oxidation sites excluding steroid dienone is 7. The minimum Gasteiger partial charge on any atom is -0.326 e. The summed E-state index contributed by atoms with van der Waals surface area (Å²) in [5.74, 6) is 1.21. The van der Waals surface area contributed by atoms with Crippen molar-refractivity contribution in [1.29, 1.82) is 10.5 Å². The van der Waals surface area contributed by atoms with Gasteiger partial charge in [-0.3, -0.25) is 0 Å². The molecule has 0 spiro atoms. The average Bonchev–Trinajstić information content (AvgIpc) is 3.02. The molecule has 0 amide bonds. The summed E-state index contributed by atoms with van der Waals surface area (Å²) < 4.78 is 0. The Hall–Kier alpha value is -3.24. The van der Waals surface area contributed by atoms with Crippen LogP contribution in [0.2, 0.25) is 0 Å². The Bertz CT molecular complexity index is 793. The maximum Gasteiger partial charge on any atom is 0.129 e. The van der Waals surface area contributed by atoms with Crippen molar-refractivity contribution in [1.82, 2.24) is 0 Å². The number of unbranched alkanes of at least 4 members (excludes halogenated alkanes) is 2. The van der Waals surface area contributed by atoms with Crippen molar-refractivity contribution < 1.29 is 0 Å². The second-order valence-electron chi connectivity index (χ2n) is 6.60. The second kappa shape index (κ2) is 11.5. The predicted molar refractivity (Wildman–Crippen MR) is 117 cm³/mol. The van der Waals surface area contributed by atoms with Gasteiger partial charge in [-0.25, -0.2) is 0 Å². The highest BCUT2D eigenvalue weighted by Gasteiger charge is 2.29. The molecule has 1 aromatic rings. The number of fused-ring (bicyclic) bond motifs is 1. The average molecular weight is 373 g/mol. The van der Waals surface area contributed by atoms with Gasteiger partial charge < -0.3 is 9.80 Å². The zero-order valence-corrected chi connectivity index (χ0v) is 16.8. The first kappa shape index (κ1) is 21.1. The fraction of sp³-hybridized carbons (Fsp3) is 0.333. The summed E-state index contributed by atoms with van der Waals surface area (Å²) in [6.07, 6.45) is 15.8. The van der Waals surface area contributed by atoms with Crippen molar-refractivity contribution in [3.63, 3.8) is 0 Å². The standard InChI is InChI=1S/C24H28N4/c1-3-5-17-27-22-14-11-12-15-23(22)28(18-6-4-2)24(27)16-10-8-7-9-13-21(19-25)20-26/h7-16H,3-6,17-18H2,1-2H3/b9-7+,10-8+. The van der Waals surface area contributed by atoms with E-state index >= 15 is 0 Å². The number of nitrogens with zero attached hydrogens (tertiary/aromatic N) is 4. The smallest absolute Gasteiger partial charge is 0.129 e. The van der Waals surface area contributed by atoms with Crippen LogP contribution in [0.3, 0.4) is 0 Å². The van der Waals surface area contributed by atoms with E-state index in [-0.39, 0.29) is 5.57 Å². The van der Waals surface area contributed by atoms with Crippen molar-refractivity contribution in [2.24, 2.45) is 0 Å². The molecule has 0 saturated carbocycles. The SMILES string of the molecule is CCCCN1C(=C/C=C/C=C/C=C(C#N)C#N)N(CCCC)c2ccccc21. The highest BCUT2D eigenvalue weighted by atomic mass is 15.4. The molecule has 1 aliphatic heterocycles. The Morgan fingerprint density at radius 1 is 0.857 bits per heavy atom. The maximum atomic E-state index is 8.74. The van der Waals surface area contributed by atoms with Gasteiger partial charge in [0.05, 0.1) is 11.4 Å². The number of para-hydroxylation sites is 2. The summed E-state index contributed by atoms with van der Waals surface area (Å²) in [5.41, 5.74) is 2.65. The highest BCUT2D eigenvalue weighted by Crippen LogP contribution is 2.41. The molecule has 0 fully saturated rings. The molecular formula is C24H28N4. The quantitative estimate of drug-likeness (QED) is 0.403. The molecule has 144 valence electrons. The topological polar surface area (TPSA) is 54.1 Å². The molecule has 2 rings (SSSR count). The largest absolute Gasteiger partial charge is 0.326 e. The fourth-order valence-electron chi connectivity index (χ4n) is 3.12. The van der Waals surface area contributed by atoms with Crippen LogP contribution in [0.4, 0.5) is 11.4 Å². The lowest BCUT2D eigenvalue weighted by molar-refractivity contribution is 0.735. The van der Waals surface area contributed by atoms with E-state index in [1.54, 1.807) is 6.08 Å². The molecule has 28 heavy (non-hydrogen) atoms. The molecule has 0 atom stereocenters. The number of rotatable bonds is 9. The lowest BCUT2D eigenvalue weighted by Gasteiger charge is -2.25. The monoisotopic (exact) mass is 372 g/mol. The van der Waals surface area contributed by atoms with E-state index in [1.165, 1.54) is 23.3 Å². The van der Waals surface area contributed by atoms with E-state index in [0.29, 0.717) is 0 Å². The maximum absolute atomic E-state index is 8.74. The van der Waals surface area contributed by atoms with Crippen LogP contribution in [0, 0.1) is 22.7 Å². The van der Waals surface area contributed by atoms with Crippen LogP contribution in [0.5, 0.6) is 0 Å². The fourth-order valence-corrected chi connectivity index (χ4v) is 3.12. The molecule has 0 aromatic heterocycles. The molecule has 0 N–H and O–H groups in total. The molecule has 4 heteroatoms. The number of benzene rings is 1. The molecule has 4 nitrogen and oxygen atoms in total. The Balaban J connectivity index is 2.26. The van der Waals surface area contributed by atoms with Gasteiger partial charge in [-0.15, -0.1) is 0 Å². The van der Waals surface area contributed by atoms with Crippen molar-refractivity contribution >= 4 is 11.4 Å². The molecule has 0 aliphatic carbocycles. The van der Waals surface area contributed by atoms with Gasteiger partial charge in [0.2, 0.25) is 0 Å². The van der Waals surface area contributed by atoms with Gasteiger partial charge >= 0.3 is 0 Å².